The van der Waals surface area contributed by atoms with Crippen molar-refractivity contribution >= 4 is 0 Å². The summed E-state index contributed by atoms with van der Waals surface area (Å²) >= 11 is 0. The molecule has 0 saturated heterocycles. The van der Waals surface area contributed by atoms with E-state index < -0.39 is 18.1 Å². The predicted octanol–water partition coefficient (Wildman–Crippen LogP) is 2.77. The molecule has 1 fully saturated rings. The summed E-state index contributed by atoms with van der Waals surface area (Å²) < 4.78 is 41.2. The van der Waals surface area contributed by atoms with Crippen LogP contribution in [0.4, 0.5) is 13.2 Å². The molecular formula is C12H19F3N2O. The van der Waals surface area contributed by atoms with Gasteiger partial charge in [-0.05, 0) is 25.8 Å². The van der Waals surface area contributed by atoms with Crippen molar-refractivity contribution < 1.29 is 17.9 Å². The van der Waals surface area contributed by atoms with Gasteiger partial charge in [0.1, 0.15) is 5.54 Å². The molecule has 0 aliphatic heterocycles. The van der Waals surface area contributed by atoms with Crippen LogP contribution in [0.25, 0.3) is 0 Å². The normalized spacial score (nSPS) is 28.3. The van der Waals surface area contributed by atoms with E-state index in [1.165, 1.54) is 0 Å². The van der Waals surface area contributed by atoms with Crippen LogP contribution in [0.1, 0.15) is 39.0 Å². The highest BCUT2D eigenvalue weighted by Gasteiger charge is 2.39. The van der Waals surface area contributed by atoms with E-state index in [2.05, 4.69) is 11.4 Å². The largest absolute Gasteiger partial charge is 0.389 e. The molecule has 0 aromatic carbocycles. The first kappa shape index (κ1) is 15.3. The third kappa shape index (κ3) is 4.83. The number of rotatable bonds is 6. The van der Waals surface area contributed by atoms with Gasteiger partial charge < -0.3 is 4.74 Å². The first-order valence-corrected chi connectivity index (χ1v) is 6.25. The van der Waals surface area contributed by atoms with Gasteiger partial charge in [-0.25, -0.2) is 0 Å². The minimum atomic E-state index is -4.11. The van der Waals surface area contributed by atoms with Crippen LogP contribution < -0.4 is 5.32 Å². The molecule has 2 atom stereocenters. The molecule has 0 aromatic heterocycles. The van der Waals surface area contributed by atoms with E-state index in [9.17, 15) is 13.2 Å². The average Bonchev–Trinajstić information content (AvgIpc) is 2.68. The van der Waals surface area contributed by atoms with E-state index in [4.69, 9.17) is 10.00 Å². The molecule has 104 valence electrons. The fourth-order valence-electron chi connectivity index (χ4n) is 2.31. The number of hydrogen-bond acceptors (Lipinski definition) is 3. The summed E-state index contributed by atoms with van der Waals surface area (Å²) in [6, 6.07) is 2.25. The molecule has 0 amide bonds. The van der Waals surface area contributed by atoms with Gasteiger partial charge in [0.05, 0.1) is 12.2 Å². The molecule has 2 unspecified atom stereocenters. The first-order chi connectivity index (χ1) is 8.41. The van der Waals surface area contributed by atoms with Crippen molar-refractivity contribution in [2.45, 2.75) is 56.8 Å². The summed E-state index contributed by atoms with van der Waals surface area (Å²) in [5.74, 6) is 0. The Morgan fingerprint density at radius 1 is 1.50 bits per heavy atom. The highest BCUT2D eigenvalue weighted by Crippen LogP contribution is 2.31. The first-order valence-electron chi connectivity index (χ1n) is 6.25. The Morgan fingerprint density at radius 2 is 2.22 bits per heavy atom. The van der Waals surface area contributed by atoms with Crippen molar-refractivity contribution in [2.24, 2.45) is 0 Å². The second kappa shape index (κ2) is 6.39. The molecule has 3 nitrogen and oxygen atoms in total. The van der Waals surface area contributed by atoms with Crippen LogP contribution in [0.5, 0.6) is 0 Å². The predicted molar refractivity (Wildman–Crippen MR) is 60.9 cm³/mol. The van der Waals surface area contributed by atoms with Gasteiger partial charge in [0.25, 0.3) is 0 Å². The summed E-state index contributed by atoms with van der Waals surface area (Å²) in [6.45, 7) is 2.74. The van der Waals surface area contributed by atoms with E-state index >= 15 is 0 Å². The minimum Gasteiger partial charge on any atom is -0.378 e. The lowest BCUT2D eigenvalue weighted by molar-refractivity contribution is -0.138. The zero-order valence-corrected chi connectivity index (χ0v) is 10.5. The molecule has 0 radical (unpaired) electrons. The van der Waals surface area contributed by atoms with Crippen LogP contribution in [-0.4, -0.2) is 31.0 Å². The number of nitriles is 1. The Bertz CT molecular complexity index is 301. The highest BCUT2D eigenvalue weighted by atomic mass is 19.4. The third-order valence-electron chi connectivity index (χ3n) is 3.16. The van der Waals surface area contributed by atoms with E-state index in [1.54, 1.807) is 0 Å². The Kier molecular flexibility index (Phi) is 5.42. The van der Waals surface area contributed by atoms with Crippen molar-refractivity contribution in [1.82, 2.24) is 5.32 Å². The fourth-order valence-corrected chi connectivity index (χ4v) is 2.31. The maximum Gasteiger partial charge on any atom is 0.389 e. The monoisotopic (exact) mass is 264 g/mol. The van der Waals surface area contributed by atoms with Gasteiger partial charge in [-0.2, -0.15) is 18.4 Å². The molecule has 6 heteroatoms. The second-order valence-electron chi connectivity index (χ2n) is 4.68. The standard InChI is InChI=1S/C12H19F3N2O/c1-2-17-11(9-16)6-4-10(8-11)18-7-3-5-12(13,14)15/h10,17H,2-8H2,1H3. The van der Waals surface area contributed by atoms with Gasteiger partial charge in [0.2, 0.25) is 0 Å². The number of alkyl halides is 3. The summed E-state index contributed by atoms with van der Waals surface area (Å²) in [7, 11) is 0. The lowest BCUT2D eigenvalue weighted by Crippen LogP contribution is -2.41. The number of ether oxygens (including phenoxy) is 1. The van der Waals surface area contributed by atoms with Crippen LogP contribution in [-0.2, 0) is 4.74 Å². The van der Waals surface area contributed by atoms with Gasteiger partial charge in [0, 0.05) is 19.4 Å². The zero-order chi connectivity index (χ0) is 13.6. The van der Waals surface area contributed by atoms with Gasteiger partial charge in [-0.3, -0.25) is 5.32 Å². The Morgan fingerprint density at radius 3 is 2.78 bits per heavy atom. The molecule has 0 bridgehead atoms. The maximum atomic E-state index is 11.9. The van der Waals surface area contributed by atoms with E-state index in [1.807, 2.05) is 6.92 Å². The summed E-state index contributed by atoms with van der Waals surface area (Å²) in [6.07, 6.45) is -3.05. The lowest BCUT2D eigenvalue weighted by atomic mass is 10.00. The number of nitrogens with zero attached hydrogens (tertiary/aromatic N) is 1. The summed E-state index contributed by atoms with van der Waals surface area (Å²) in [5, 5.41) is 12.3. The maximum absolute atomic E-state index is 11.9. The van der Waals surface area contributed by atoms with Gasteiger partial charge >= 0.3 is 6.18 Å². The van der Waals surface area contributed by atoms with Gasteiger partial charge in [0.15, 0.2) is 0 Å². The van der Waals surface area contributed by atoms with Crippen LogP contribution in [0.2, 0.25) is 0 Å². The van der Waals surface area contributed by atoms with E-state index in [0.29, 0.717) is 19.4 Å². The van der Waals surface area contributed by atoms with Crippen LogP contribution in [0.3, 0.4) is 0 Å². The Labute approximate surface area is 105 Å². The van der Waals surface area contributed by atoms with Crippen molar-refractivity contribution in [1.29, 1.82) is 5.26 Å². The molecule has 1 N–H and O–H groups in total. The molecule has 0 heterocycles. The molecule has 1 saturated carbocycles. The Hall–Kier alpha value is -0.800. The summed E-state index contributed by atoms with van der Waals surface area (Å²) in [4.78, 5) is 0. The van der Waals surface area contributed by atoms with Gasteiger partial charge in [-0.15, -0.1) is 0 Å². The molecule has 1 aliphatic rings. The topological polar surface area (TPSA) is 45.0 Å². The third-order valence-corrected chi connectivity index (χ3v) is 3.16. The molecule has 0 aromatic rings. The van der Waals surface area contributed by atoms with Crippen LogP contribution in [0, 0.1) is 11.3 Å². The van der Waals surface area contributed by atoms with Crippen LogP contribution >= 0.6 is 0 Å². The van der Waals surface area contributed by atoms with E-state index in [0.717, 1.165) is 6.42 Å². The van der Waals surface area contributed by atoms with E-state index in [-0.39, 0.29) is 19.1 Å². The lowest BCUT2D eigenvalue weighted by Gasteiger charge is -2.21. The van der Waals surface area contributed by atoms with Crippen molar-refractivity contribution in [3.8, 4) is 6.07 Å². The smallest absolute Gasteiger partial charge is 0.378 e. The summed E-state index contributed by atoms with van der Waals surface area (Å²) in [5.41, 5.74) is -0.552. The quantitative estimate of drug-likeness (QED) is 0.750. The molecular weight excluding hydrogens is 245 g/mol. The molecule has 1 aliphatic carbocycles. The zero-order valence-electron chi connectivity index (χ0n) is 10.5. The minimum absolute atomic E-state index is 0.0131. The number of hydrogen-bond donors (Lipinski definition) is 1. The average molecular weight is 264 g/mol. The van der Waals surface area contributed by atoms with Gasteiger partial charge in [-0.1, -0.05) is 6.92 Å². The molecule has 1 rings (SSSR count). The van der Waals surface area contributed by atoms with Crippen molar-refractivity contribution in [2.75, 3.05) is 13.2 Å². The van der Waals surface area contributed by atoms with Crippen molar-refractivity contribution in [3.05, 3.63) is 0 Å². The fraction of sp³-hybridized carbons (Fsp3) is 0.917. The van der Waals surface area contributed by atoms with Crippen molar-refractivity contribution in [3.63, 3.8) is 0 Å². The Balaban J connectivity index is 2.24. The molecule has 0 spiro atoms. The second-order valence-corrected chi connectivity index (χ2v) is 4.68. The SMILES string of the molecule is CCNC1(C#N)CCC(OCCCC(F)(F)F)C1. The number of halogens is 3. The molecule has 18 heavy (non-hydrogen) atoms. The van der Waals surface area contributed by atoms with Crippen LogP contribution in [0.15, 0.2) is 0 Å². The highest BCUT2D eigenvalue weighted by molar-refractivity contribution is 5.12. The number of nitrogens with one attached hydrogen (secondary N) is 1.